The number of hydrogen-bond donors (Lipinski definition) is 0. The van der Waals surface area contributed by atoms with E-state index in [0.29, 0.717) is 13.2 Å². The lowest BCUT2D eigenvalue weighted by Gasteiger charge is -2.23. The van der Waals surface area contributed by atoms with Gasteiger partial charge in [-0.2, -0.15) is 0 Å². The van der Waals surface area contributed by atoms with E-state index >= 15 is 0 Å². The van der Waals surface area contributed by atoms with Crippen molar-refractivity contribution in [2.45, 2.75) is 59.4 Å². The lowest BCUT2D eigenvalue weighted by atomic mass is 10.1. The standard InChI is InChI=1S/C12H26O3/c1-5-9-11(13-6-2)10-12(14-7-3)15-8-4/h11-12H,5-10H2,1-4H3/t11-/m1/s1. The normalized spacial score (nSPS) is 13.4. The summed E-state index contributed by atoms with van der Waals surface area (Å²) in [5.74, 6) is 0. The second-order valence-corrected chi connectivity index (χ2v) is 3.44. The first kappa shape index (κ1) is 14.9. The first-order chi connectivity index (χ1) is 7.28. The molecule has 1 atom stereocenters. The lowest BCUT2D eigenvalue weighted by Crippen LogP contribution is -2.26. The Morgan fingerprint density at radius 2 is 1.33 bits per heavy atom. The molecule has 0 heterocycles. The highest BCUT2D eigenvalue weighted by Crippen LogP contribution is 2.13. The Balaban J connectivity index is 3.93. The second-order valence-electron chi connectivity index (χ2n) is 3.44. The van der Waals surface area contributed by atoms with Crippen molar-refractivity contribution in [1.29, 1.82) is 0 Å². The van der Waals surface area contributed by atoms with Crippen molar-refractivity contribution in [3.8, 4) is 0 Å². The molecule has 0 aromatic rings. The Bertz CT molecular complexity index is 102. The van der Waals surface area contributed by atoms with E-state index in [1.165, 1.54) is 0 Å². The van der Waals surface area contributed by atoms with E-state index in [2.05, 4.69) is 6.92 Å². The topological polar surface area (TPSA) is 27.7 Å². The monoisotopic (exact) mass is 218 g/mol. The van der Waals surface area contributed by atoms with Crippen LogP contribution in [0.4, 0.5) is 0 Å². The van der Waals surface area contributed by atoms with Crippen LogP contribution in [0.5, 0.6) is 0 Å². The molecule has 0 spiro atoms. The van der Waals surface area contributed by atoms with Gasteiger partial charge in [0.15, 0.2) is 6.29 Å². The van der Waals surface area contributed by atoms with Gasteiger partial charge in [-0.05, 0) is 27.2 Å². The summed E-state index contributed by atoms with van der Waals surface area (Å²) in [6.45, 7) is 10.3. The van der Waals surface area contributed by atoms with E-state index in [1.807, 2.05) is 20.8 Å². The molecule has 0 aliphatic carbocycles. The molecular formula is C12H26O3. The zero-order valence-corrected chi connectivity index (χ0v) is 10.6. The van der Waals surface area contributed by atoms with Crippen molar-refractivity contribution < 1.29 is 14.2 Å². The van der Waals surface area contributed by atoms with Gasteiger partial charge in [0.1, 0.15) is 0 Å². The molecule has 0 saturated carbocycles. The summed E-state index contributed by atoms with van der Waals surface area (Å²) in [6, 6.07) is 0. The molecule has 0 rings (SSSR count). The average molecular weight is 218 g/mol. The molecule has 0 aromatic carbocycles. The predicted molar refractivity (Wildman–Crippen MR) is 62.0 cm³/mol. The molecule has 0 aliphatic rings. The van der Waals surface area contributed by atoms with Crippen molar-refractivity contribution in [1.82, 2.24) is 0 Å². The average Bonchev–Trinajstić information content (AvgIpc) is 2.19. The first-order valence-electron chi connectivity index (χ1n) is 6.13. The van der Waals surface area contributed by atoms with Gasteiger partial charge in [-0.25, -0.2) is 0 Å². The Labute approximate surface area is 94.1 Å². The zero-order chi connectivity index (χ0) is 11.5. The summed E-state index contributed by atoms with van der Waals surface area (Å²) in [6.07, 6.45) is 3.20. The zero-order valence-electron chi connectivity index (χ0n) is 10.6. The van der Waals surface area contributed by atoms with E-state index < -0.39 is 0 Å². The molecule has 0 aromatic heterocycles. The number of hydrogen-bond acceptors (Lipinski definition) is 3. The Morgan fingerprint density at radius 3 is 1.73 bits per heavy atom. The van der Waals surface area contributed by atoms with Crippen LogP contribution in [0.25, 0.3) is 0 Å². The third-order valence-corrected chi connectivity index (χ3v) is 2.17. The van der Waals surface area contributed by atoms with Crippen LogP contribution in [0.15, 0.2) is 0 Å². The van der Waals surface area contributed by atoms with Crippen LogP contribution in [-0.4, -0.2) is 32.2 Å². The maximum atomic E-state index is 5.65. The molecule has 0 radical (unpaired) electrons. The molecule has 0 aliphatic heterocycles. The van der Waals surface area contributed by atoms with Gasteiger partial charge >= 0.3 is 0 Å². The van der Waals surface area contributed by atoms with E-state index in [-0.39, 0.29) is 12.4 Å². The van der Waals surface area contributed by atoms with Crippen molar-refractivity contribution in [3.05, 3.63) is 0 Å². The smallest absolute Gasteiger partial charge is 0.160 e. The largest absolute Gasteiger partial charge is 0.378 e. The summed E-state index contributed by atoms with van der Waals surface area (Å²) in [5, 5.41) is 0. The number of rotatable bonds is 10. The van der Waals surface area contributed by atoms with E-state index in [9.17, 15) is 0 Å². The number of ether oxygens (including phenoxy) is 3. The molecule has 0 saturated heterocycles. The SMILES string of the molecule is CCC[C@H](CC(OCC)OCC)OCC. The van der Waals surface area contributed by atoms with Gasteiger partial charge in [-0.1, -0.05) is 13.3 Å². The molecule has 0 amide bonds. The van der Waals surface area contributed by atoms with Gasteiger partial charge in [0.25, 0.3) is 0 Å². The highest BCUT2D eigenvalue weighted by atomic mass is 16.7. The minimum absolute atomic E-state index is 0.108. The minimum atomic E-state index is -0.108. The molecule has 0 unspecified atom stereocenters. The van der Waals surface area contributed by atoms with Crippen LogP contribution in [0.3, 0.4) is 0 Å². The highest BCUT2D eigenvalue weighted by molar-refractivity contribution is 4.60. The Kier molecular flexibility index (Phi) is 10.3. The fourth-order valence-electron chi connectivity index (χ4n) is 1.60. The van der Waals surface area contributed by atoms with Gasteiger partial charge < -0.3 is 14.2 Å². The van der Waals surface area contributed by atoms with Gasteiger partial charge in [0.05, 0.1) is 6.10 Å². The molecule has 0 bridgehead atoms. The van der Waals surface area contributed by atoms with Gasteiger partial charge in [0.2, 0.25) is 0 Å². The molecule has 92 valence electrons. The van der Waals surface area contributed by atoms with Crippen LogP contribution in [0.2, 0.25) is 0 Å². The second kappa shape index (κ2) is 10.4. The van der Waals surface area contributed by atoms with Crippen LogP contribution in [-0.2, 0) is 14.2 Å². The predicted octanol–water partition coefficient (Wildman–Crippen LogP) is 2.98. The van der Waals surface area contributed by atoms with E-state index in [1.54, 1.807) is 0 Å². The van der Waals surface area contributed by atoms with Crippen molar-refractivity contribution in [2.75, 3.05) is 19.8 Å². The van der Waals surface area contributed by atoms with E-state index in [4.69, 9.17) is 14.2 Å². The van der Waals surface area contributed by atoms with Crippen LogP contribution in [0.1, 0.15) is 47.0 Å². The molecule has 3 nitrogen and oxygen atoms in total. The summed E-state index contributed by atoms with van der Waals surface area (Å²) in [4.78, 5) is 0. The van der Waals surface area contributed by atoms with Crippen LogP contribution in [0, 0.1) is 0 Å². The fraction of sp³-hybridized carbons (Fsp3) is 1.00. The highest BCUT2D eigenvalue weighted by Gasteiger charge is 2.16. The molecule has 3 heteroatoms. The quantitative estimate of drug-likeness (QED) is 0.528. The summed E-state index contributed by atoms with van der Waals surface area (Å²) in [5.41, 5.74) is 0. The fourth-order valence-corrected chi connectivity index (χ4v) is 1.60. The first-order valence-corrected chi connectivity index (χ1v) is 6.13. The lowest BCUT2D eigenvalue weighted by molar-refractivity contribution is -0.157. The molecular weight excluding hydrogens is 192 g/mol. The maximum Gasteiger partial charge on any atom is 0.160 e. The van der Waals surface area contributed by atoms with Crippen molar-refractivity contribution in [3.63, 3.8) is 0 Å². The minimum Gasteiger partial charge on any atom is -0.378 e. The van der Waals surface area contributed by atoms with Crippen LogP contribution < -0.4 is 0 Å². The Morgan fingerprint density at radius 1 is 0.800 bits per heavy atom. The van der Waals surface area contributed by atoms with Crippen molar-refractivity contribution >= 4 is 0 Å². The third-order valence-electron chi connectivity index (χ3n) is 2.17. The van der Waals surface area contributed by atoms with Crippen LogP contribution >= 0.6 is 0 Å². The van der Waals surface area contributed by atoms with Crippen molar-refractivity contribution in [2.24, 2.45) is 0 Å². The van der Waals surface area contributed by atoms with Gasteiger partial charge in [-0.3, -0.25) is 0 Å². The maximum absolute atomic E-state index is 5.65. The van der Waals surface area contributed by atoms with Gasteiger partial charge in [-0.15, -0.1) is 0 Å². The summed E-state index contributed by atoms with van der Waals surface area (Å²) >= 11 is 0. The van der Waals surface area contributed by atoms with Gasteiger partial charge in [0, 0.05) is 26.2 Å². The summed E-state index contributed by atoms with van der Waals surface area (Å²) < 4.78 is 16.7. The van der Waals surface area contributed by atoms with E-state index in [0.717, 1.165) is 25.9 Å². The molecule has 0 N–H and O–H groups in total. The third kappa shape index (κ3) is 7.77. The summed E-state index contributed by atoms with van der Waals surface area (Å²) in [7, 11) is 0. The molecule has 15 heavy (non-hydrogen) atoms. The molecule has 0 fully saturated rings. The Hall–Kier alpha value is -0.120.